The maximum Gasteiger partial charge on any atom is 0.327 e. The van der Waals surface area contributed by atoms with Crippen molar-refractivity contribution in [3.05, 3.63) is 121 Å². The molecule has 0 radical (unpaired) electrons. The first-order valence-electron chi connectivity index (χ1n) is 10.9. The Bertz CT molecular complexity index is 1200. The molecule has 0 saturated carbocycles. The Balaban J connectivity index is 1.70. The van der Waals surface area contributed by atoms with Crippen LogP contribution in [0.25, 0.3) is 0 Å². The molecule has 0 aliphatic rings. The molecule has 0 amide bonds. The molecule has 0 fully saturated rings. The SMILES string of the molecule is O=C(CCc1ccccc1)C(F)(F)C(NP(=O)(c1ccccc1)c1ccccc1)c1ccco1. The van der Waals surface area contributed by atoms with Crippen LogP contribution in [0.2, 0.25) is 0 Å². The van der Waals surface area contributed by atoms with Crippen molar-refractivity contribution in [1.82, 2.24) is 5.09 Å². The van der Waals surface area contributed by atoms with Crippen LogP contribution >= 0.6 is 7.29 Å². The first-order valence-corrected chi connectivity index (χ1v) is 12.6. The number of halogens is 2. The van der Waals surface area contributed by atoms with Gasteiger partial charge in [-0.15, -0.1) is 0 Å². The van der Waals surface area contributed by atoms with Crippen molar-refractivity contribution < 1.29 is 22.6 Å². The van der Waals surface area contributed by atoms with Gasteiger partial charge in [0.25, 0.3) is 0 Å². The number of carbonyl (C=O) groups is 1. The van der Waals surface area contributed by atoms with Crippen LogP contribution in [0.15, 0.2) is 114 Å². The van der Waals surface area contributed by atoms with Crippen LogP contribution < -0.4 is 15.7 Å². The molecule has 1 heterocycles. The summed E-state index contributed by atoms with van der Waals surface area (Å²) in [6.45, 7) is 0. The van der Waals surface area contributed by atoms with Gasteiger partial charge in [0.2, 0.25) is 13.1 Å². The molecule has 0 aliphatic heterocycles. The third-order valence-electron chi connectivity index (χ3n) is 5.60. The number of furan rings is 1. The molecule has 0 spiro atoms. The fraction of sp³-hybridized carbons (Fsp3) is 0.148. The highest BCUT2D eigenvalue weighted by Crippen LogP contribution is 2.46. The predicted octanol–water partition coefficient (Wildman–Crippen LogP) is 5.68. The normalized spacial score (nSPS) is 12.9. The summed E-state index contributed by atoms with van der Waals surface area (Å²) in [5.74, 6) is -5.28. The van der Waals surface area contributed by atoms with Crippen LogP contribution in [0.5, 0.6) is 0 Å². The summed E-state index contributed by atoms with van der Waals surface area (Å²) in [6, 6.07) is 26.6. The van der Waals surface area contributed by atoms with Crippen LogP contribution in [0.4, 0.5) is 8.78 Å². The Morgan fingerprint density at radius 1 is 0.824 bits per heavy atom. The molecule has 34 heavy (non-hydrogen) atoms. The third-order valence-corrected chi connectivity index (χ3v) is 8.27. The van der Waals surface area contributed by atoms with Gasteiger partial charge in [-0.05, 0) is 48.4 Å². The molecule has 1 atom stereocenters. The summed E-state index contributed by atoms with van der Waals surface area (Å²) in [5, 5.41) is 3.38. The Morgan fingerprint density at radius 2 is 1.35 bits per heavy atom. The van der Waals surface area contributed by atoms with Crippen molar-refractivity contribution in [2.75, 3.05) is 0 Å². The van der Waals surface area contributed by atoms with Crippen molar-refractivity contribution in [1.29, 1.82) is 0 Å². The van der Waals surface area contributed by atoms with Crippen LogP contribution in [-0.2, 0) is 15.8 Å². The van der Waals surface area contributed by atoms with Gasteiger partial charge in [0.05, 0.1) is 6.26 Å². The number of nitrogens with one attached hydrogen (secondary N) is 1. The van der Waals surface area contributed by atoms with Crippen LogP contribution in [0.3, 0.4) is 0 Å². The maximum absolute atomic E-state index is 15.7. The lowest BCUT2D eigenvalue weighted by Gasteiger charge is -2.30. The van der Waals surface area contributed by atoms with E-state index in [9.17, 15) is 9.36 Å². The van der Waals surface area contributed by atoms with Crippen molar-refractivity contribution in [3.63, 3.8) is 0 Å². The number of rotatable bonds is 10. The highest BCUT2D eigenvalue weighted by Gasteiger charge is 2.51. The summed E-state index contributed by atoms with van der Waals surface area (Å²) in [4.78, 5) is 12.8. The number of hydrogen-bond donors (Lipinski definition) is 1. The number of benzene rings is 3. The minimum Gasteiger partial charge on any atom is -0.467 e. The summed E-state index contributed by atoms with van der Waals surface area (Å²) in [6.07, 6.45) is 1.07. The first kappa shape index (κ1) is 23.8. The number of alkyl halides is 2. The fourth-order valence-corrected chi connectivity index (χ4v) is 6.20. The molecule has 1 unspecified atom stereocenters. The Hall–Kier alpha value is -3.34. The highest BCUT2D eigenvalue weighted by molar-refractivity contribution is 7.76. The molecule has 4 aromatic rings. The van der Waals surface area contributed by atoms with Crippen LogP contribution in [0, 0.1) is 0 Å². The van der Waals surface area contributed by atoms with Gasteiger partial charge in [-0.3, -0.25) is 9.36 Å². The Labute approximate surface area is 197 Å². The average Bonchev–Trinajstić information content (AvgIpc) is 3.42. The number of carbonyl (C=O) groups excluding carboxylic acids is 1. The second kappa shape index (κ2) is 10.3. The topological polar surface area (TPSA) is 59.3 Å². The van der Waals surface area contributed by atoms with Crippen LogP contribution in [-0.4, -0.2) is 11.7 Å². The van der Waals surface area contributed by atoms with Gasteiger partial charge in [-0.25, -0.2) is 5.09 Å². The monoisotopic (exact) mass is 479 g/mol. The summed E-state index contributed by atoms with van der Waals surface area (Å²) < 4.78 is 51.1. The van der Waals surface area contributed by atoms with E-state index in [0.717, 1.165) is 5.56 Å². The molecule has 0 saturated heterocycles. The summed E-state index contributed by atoms with van der Waals surface area (Å²) in [5.41, 5.74) is 0.786. The van der Waals surface area contributed by atoms with Gasteiger partial charge in [0, 0.05) is 17.0 Å². The zero-order valence-corrected chi connectivity index (χ0v) is 19.2. The van der Waals surface area contributed by atoms with Gasteiger partial charge in [-0.2, -0.15) is 8.78 Å². The quantitative estimate of drug-likeness (QED) is 0.298. The van der Waals surface area contributed by atoms with E-state index in [1.165, 1.54) is 18.4 Å². The Morgan fingerprint density at radius 3 is 1.85 bits per heavy atom. The second-order valence-electron chi connectivity index (χ2n) is 7.89. The molecule has 1 N–H and O–H groups in total. The van der Waals surface area contributed by atoms with Gasteiger partial charge in [0.1, 0.15) is 11.8 Å². The largest absolute Gasteiger partial charge is 0.467 e. The zero-order chi connectivity index (χ0) is 24.0. The predicted molar refractivity (Wildman–Crippen MR) is 129 cm³/mol. The van der Waals surface area contributed by atoms with Crippen molar-refractivity contribution in [2.24, 2.45) is 0 Å². The van der Waals surface area contributed by atoms with Gasteiger partial charge >= 0.3 is 5.92 Å². The van der Waals surface area contributed by atoms with Crippen molar-refractivity contribution in [2.45, 2.75) is 24.8 Å². The van der Waals surface area contributed by atoms with E-state index in [1.807, 2.05) is 6.07 Å². The van der Waals surface area contributed by atoms with Gasteiger partial charge in [0.15, 0.2) is 0 Å². The van der Waals surface area contributed by atoms with Gasteiger partial charge < -0.3 is 4.42 Å². The van der Waals surface area contributed by atoms with E-state index in [1.54, 1.807) is 84.9 Å². The summed E-state index contributed by atoms with van der Waals surface area (Å²) >= 11 is 0. The van der Waals surface area contributed by atoms with Gasteiger partial charge in [-0.1, -0.05) is 66.7 Å². The lowest BCUT2D eigenvalue weighted by atomic mass is 9.98. The smallest absolute Gasteiger partial charge is 0.327 e. The molecular weight excluding hydrogens is 455 g/mol. The number of Topliss-reactive ketones (excluding diaryl/α,β-unsaturated/α-hetero) is 1. The third kappa shape index (κ3) is 5.09. The summed E-state index contributed by atoms with van der Waals surface area (Å²) in [7, 11) is -3.78. The van der Waals surface area contributed by atoms with Crippen molar-refractivity contribution in [3.8, 4) is 0 Å². The van der Waals surface area contributed by atoms with E-state index >= 15 is 8.78 Å². The molecule has 4 rings (SSSR count). The lowest BCUT2D eigenvalue weighted by molar-refractivity contribution is -0.147. The van der Waals surface area contributed by atoms with E-state index in [-0.39, 0.29) is 18.6 Å². The number of aryl methyl sites for hydroxylation is 1. The molecule has 0 aliphatic carbocycles. The minimum absolute atomic E-state index is 0.162. The van der Waals surface area contributed by atoms with Crippen LogP contribution in [0.1, 0.15) is 23.8 Å². The molecular formula is C27H24F2NO3P. The Kier molecular flexibility index (Phi) is 7.20. The van der Waals surface area contributed by atoms with E-state index < -0.39 is 25.0 Å². The molecule has 3 aromatic carbocycles. The minimum atomic E-state index is -3.87. The van der Waals surface area contributed by atoms with E-state index in [4.69, 9.17) is 4.42 Å². The molecule has 4 nitrogen and oxygen atoms in total. The van der Waals surface area contributed by atoms with Crippen molar-refractivity contribution >= 4 is 23.7 Å². The average molecular weight is 479 g/mol. The molecule has 174 valence electrons. The molecule has 1 aromatic heterocycles. The van der Waals surface area contributed by atoms with E-state index in [2.05, 4.69) is 5.09 Å². The number of hydrogen-bond acceptors (Lipinski definition) is 3. The molecule has 7 heteroatoms. The standard InChI is InChI=1S/C27H24F2NO3P/c28-27(29,25(31)19-18-21-11-4-1-5-12-21)26(24-17-10-20-33-24)30-34(32,22-13-6-2-7-14-22)23-15-8-3-9-16-23/h1-17,20,26H,18-19H2,(H,30,32). The number of ketones is 1. The molecule has 0 bridgehead atoms. The fourth-order valence-electron chi connectivity index (χ4n) is 3.76. The van der Waals surface area contributed by atoms with E-state index in [0.29, 0.717) is 10.6 Å². The first-order chi connectivity index (χ1) is 16.4. The zero-order valence-electron chi connectivity index (χ0n) is 18.3. The highest BCUT2D eigenvalue weighted by atomic mass is 31.2. The maximum atomic E-state index is 15.7. The second-order valence-corrected chi connectivity index (χ2v) is 10.4. The lowest BCUT2D eigenvalue weighted by Crippen LogP contribution is -2.44.